The lowest BCUT2D eigenvalue weighted by Gasteiger charge is -2.32. The molecule has 0 N–H and O–H groups in total. The van der Waals surface area contributed by atoms with Crippen LogP contribution in [0.4, 0.5) is 5.82 Å². The van der Waals surface area contributed by atoms with E-state index in [2.05, 4.69) is 11.0 Å². The van der Waals surface area contributed by atoms with E-state index in [4.69, 9.17) is 26.7 Å². The number of carbonyl (C=O) groups is 2. The van der Waals surface area contributed by atoms with Crippen molar-refractivity contribution in [2.24, 2.45) is 5.92 Å². The molecule has 2 aliphatic heterocycles. The Bertz CT molecular complexity index is 1110. The third-order valence-corrected chi connectivity index (χ3v) is 7.41. The van der Waals surface area contributed by atoms with Crippen LogP contribution in [0.2, 0.25) is 0 Å². The van der Waals surface area contributed by atoms with Crippen LogP contribution < -0.4 is 4.90 Å². The first-order valence-electron chi connectivity index (χ1n) is 11.6. The molecule has 1 aromatic heterocycles. The van der Waals surface area contributed by atoms with Crippen molar-refractivity contribution < 1.29 is 19.1 Å². The van der Waals surface area contributed by atoms with Gasteiger partial charge in [-0.25, -0.2) is 4.98 Å². The van der Waals surface area contributed by atoms with Gasteiger partial charge in [-0.15, -0.1) is 0 Å². The summed E-state index contributed by atoms with van der Waals surface area (Å²) in [5, 5.41) is 1.01. The van der Waals surface area contributed by atoms with E-state index in [1.165, 1.54) is 11.8 Å². The van der Waals surface area contributed by atoms with Gasteiger partial charge in [-0.05, 0) is 44.4 Å². The fourth-order valence-corrected chi connectivity index (χ4v) is 5.57. The lowest BCUT2D eigenvalue weighted by Crippen LogP contribution is -2.37. The van der Waals surface area contributed by atoms with E-state index in [-0.39, 0.29) is 17.8 Å². The number of amides is 1. The molecule has 2 aliphatic rings. The molecule has 1 amide bonds. The van der Waals surface area contributed by atoms with E-state index in [0.29, 0.717) is 54.9 Å². The summed E-state index contributed by atoms with van der Waals surface area (Å²) in [6, 6.07) is 10.0. The van der Waals surface area contributed by atoms with Gasteiger partial charge in [0, 0.05) is 44.3 Å². The number of anilines is 1. The van der Waals surface area contributed by atoms with Crippen LogP contribution in [0.15, 0.2) is 35.2 Å². The Morgan fingerprint density at radius 1 is 1.29 bits per heavy atom. The highest BCUT2D eigenvalue weighted by Crippen LogP contribution is 2.36. The Morgan fingerprint density at radius 3 is 2.79 bits per heavy atom. The Kier molecular flexibility index (Phi) is 8.18. The molecule has 2 saturated heterocycles. The summed E-state index contributed by atoms with van der Waals surface area (Å²) in [7, 11) is 1.65. The molecule has 0 bridgehead atoms. The molecule has 0 aliphatic carbocycles. The number of esters is 1. The van der Waals surface area contributed by atoms with Crippen molar-refractivity contribution >= 4 is 63.0 Å². The third kappa shape index (κ3) is 5.42. The van der Waals surface area contributed by atoms with Gasteiger partial charge in [0.15, 0.2) is 0 Å². The third-order valence-electron chi connectivity index (χ3n) is 6.04. The predicted octanol–water partition coefficient (Wildman–Crippen LogP) is 4.25. The Balaban J connectivity index is 1.61. The first-order chi connectivity index (χ1) is 16.5. The van der Waals surface area contributed by atoms with Crippen molar-refractivity contribution in [1.82, 2.24) is 9.88 Å². The van der Waals surface area contributed by atoms with Crippen molar-refractivity contribution in [2.45, 2.75) is 26.2 Å². The molecule has 3 heterocycles. The minimum Gasteiger partial charge on any atom is -0.466 e. The number of pyridine rings is 1. The van der Waals surface area contributed by atoms with Gasteiger partial charge in [0.05, 0.1) is 22.9 Å². The number of thiocarbonyl (C=S) groups is 1. The number of thioether (sulfide) groups is 1. The zero-order valence-corrected chi connectivity index (χ0v) is 21.1. The van der Waals surface area contributed by atoms with Crippen LogP contribution in [-0.2, 0) is 19.1 Å². The minimum absolute atomic E-state index is 0.0776. The summed E-state index contributed by atoms with van der Waals surface area (Å²) in [5.41, 5.74) is 1.78. The van der Waals surface area contributed by atoms with Gasteiger partial charge in [-0.3, -0.25) is 14.5 Å². The molecule has 0 saturated carbocycles. The van der Waals surface area contributed by atoms with E-state index in [1.807, 2.05) is 37.3 Å². The number of methoxy groups -OCH3 is 1. The molecule has 34 heavy (non-hydrogen) atoms. The smallest absolute Gasteiger partial charge is 0.309 e. The van der Waals surface area contributed by atoms with Crippen molar-refractivity contribution in [3.05, 3.63) is 40.8 Å². The minimum atomic E-state index is -0.119. The maximum absolute atomic E-state index is 13.1. The largest absolute Gasteiger partial charge is 0.466 e. The number of hydrogen-bond acceptors (Lipinski definition) is 8. The highest BCUT2D eigenvalue weighted by molar-refractivity contribution is 8.26. The molecule has 2 aromatic rings. The lowest BCUT2D eigenvalue weighted by atomic mass is 9.96. The quantitative estimate of drug-likeness (QED) is 0.231. The van der Waals surface area contributed by atoms with E-state index in [0.717, 1.165) is 28.7 Å². The maximum atomic E-state index is 13.1. The van der Waals surface area contributed by atoms with E-state index >= 15 is 0 Å². The van der Waals surface area contributed by atoms with Gasteiger partial charge in [0.1, 0.15) is 10.1 Å². The number of hydrogen-bond donors (Lipinski definition) is 0. The summed E-state index contributed by atoms with van der Waals surface area (Å²) in [6.45, 7) is 4.76. The molecule has 0 spiro atoms. The Labute approximate surface area is 209 Å². The highest BCUT2D eigenvalue weighted by Gasteiger charge is 2.32. The molecule has 0 radical (unpaired) electrons. The zero-order valence-electron chi connectivity index (χ0n) is 19.5. The summed E-state index contributed by atoms with van der Waals surface area (Å²) in [6.07, 6.45) is 4.07. The van der Waals surface area contributed by atoms with Crippen molar-refractivity contribution in [3.8, 4) is 0 Å². The lowest BCUT2D eigenvalue weighted by molar-refractivity contribution is -0.148. The van der Waals surface area contributed by atoms with Crippen molar-refractivity contribution in [2.75, 3.05) is 44.9 Å². The number of piperidine rings is 1. The second-order valence-electron chi connectivity index (χ2n) is 8.29. The Morgan fingerprint density at radius 2 is 2.06 bits per heavy atom. The summed E-state index contributed by atoms with van der Waals surface area (Å²) in [5.74, 6) is 0.548. The molecule has 1 aromatic carbocycles. The van der Waals surface area contributed by atoms with Crippen LogP contribution in [0.25, 0.3) is 17.0 Å². The fraction of sp³-hybridized carbons (Fsp3) is 0.440. The zero-order chi connectivity index (χ0) is 24.1. The molecular weight excluding hydrogens is 470 g/mol. The fourth-order valence-electron chi connectivity index (χ4n) is 4.27. The normalized spacial score (nSPS) is 18.4. The number of fused-ring (bicyclic) bond motifs is 1. The summed E-state index contributed by atoms with van der Waals surface area (Å²) < 4.78 is 10.9. The second kappa shape index (κ2) is 11.3. The number of para-hydroxylation sites is 1. The van der Waals surface area contributed by atoms with E-state index in [9.17, 15) is 9.59 Å². The monoisotopic (exact) mass is 499 g/mol. The predicted molar refractivity (Wildman–Crippen MR) is 140 cm³/mol. The van der Waals surface area contributed by atoms with Crippen LogP contribution >= 0.6 is 24.0 Å². The average Bonchev–Trinajstić information content (AvgIpc) is 3.11. The second-order valence-corrected chi connectivity index (χ2v) is 9.96. The van der Waals surface area contributed by atoms with Crippen LogP contribution in [0.1, 0.15) is 31.7 Å². The number of ether oxygens (including phenoxy) is 2. The van der Waals surface area contributed by atoms with E-state index in [1.54, 1.807) is 12.0 Å². The molecule has 7 nitrogen and oxygen atoms in total. The topological polar surface area (TPSA) is 72.0 Å². The van der Waals surface area contributed by atoms with E-state index < -0.39 is 0 Å². The molecule has 180 valence electrons. The van der Waals surface area contributed by atoms with Gasteiger partial charge in [0.25, 0.3) is 5.91 Å². The van der Waals surface area contributed by atoms with Crippen molar-refractivity contribution in [3.63, 3.8) is 0 Å². The standard InChI is InChI=1S/C25H29N3O4S2/c1-3-32-24(30)17-9-12-27(13-10-17)22-19(15-18-7-4-5-8-20(18)26-22)16-21-23(29)28(25(33)34-21)11-6-14-31-2/h4-5,7-8,15-17H,3,6,9-14H2,1-2H3/b21-16-. The molecule has 0 unspecified atom stereocenters. The number of carbonyl (C=O) groups excluding carboxylic acids is 2. The van der Waals surface area contributed by atoms with Gasteiger partial charge >= 0.3 is 5.97 Å². The number of aromatic nitrogens is 1. The number of rotatable bonds is 8. The first kappa shape index (κ1) is 24.6. The summed E-state index contributed by atoms with van der Waals surface area (Å²) in [4.78, 5) is 34.6. The molecule has 0 atom stereocenters. The van der Waals surface area contributed by atoms with Gasteiger partial charge < -0.3 is 14.4 Å². The van der Waals surface area contributed by atoms with Crippen LogP contribution in [0, 0.1) is 5.92 Å². The molecular formula is C25H29N3O4S2. The van der Waals surface area contributed by atoms with Gasteiger partial charge in [-0.2, -0.15) is 0 Å². The number of nitrogens with zero attached hydrogens (tertiary/aromatic N) is 3. The van der Waals surface area contributed by atoms with Crippen LogP contribution in [-0.4, -0.2) is 66.0 Å². The number of benzene rings is 1. The maximum Gasteiger partial charge on any atom is 0.309 e. The van der Waals surface area contributed by atoms with Crippen LogP contribution in [0.5, 0.6) is 0 Å². The average molecular weight is 500 g/mol. The van der Waals surface area contributed by atoms with Crippen molar-refractivity contribution in [1.29, 1.82) is 0 Å². The molecule has 9 heteroatoms. The first-order valence-corrected chi connectivity index (χ1v) is 12.8. The molecule has 2 fully saturated rings. The van der Waals surface area contributed by atoms with Crippen LogP contribution in [0.3, 0.4) is 0 Å². The Hall–Kier alpha value is -2.49. The molecule has 4 rings (SSSR count). The highest BCUT2D eigenvalue weighted by atomic mass is 32.2. The SMILES string of the molecule is CCOC(=O)C1CCN(c2nc3ccccc3cc2/C=C2\SC(=S)N(CCCOC)C2=O)CC1. The van der Waals surface area contributed by atoms with Gasteiger partial charge in [-0.1, -0.05) is 42.2 Å². The van der Waals surface area contributed by atoms with Gasteiger partial charge in [0.2, 0.25) is 0 Å². The summed E-state index contributed by atoms with van der Waals surface area (Å²) >= 11 is 6.80.